The lowest BCUT2D eigenvalue weighted by Gasteiger charge is -2.48. The predicted molar refractivity (Wildman–Crippen MR) is 470 cm³/mol. The molecule has 0 spiro atoms. The van der Waals surface area contributed by atoms with Crippen LogP contribution < -0.4 is 26.2 Å². The Morgan fingerprint density at radius 1 is 0.303 bits per heavy atom. The van der Waals surface area contributed by atoms with Crippen molar-refractivity contribution in [3.05, 3.63) is 307 Å². The van der Waals surface area contributed by atoms with Crippen LogP contribution in [0.25, 0.3) is 99.5 Å². The minimum atomic E-state index is -0.226. The fourth-order valence-electron chi connectivity index (χ4n) is 19.5. The highest BCUT2D eigenvalue weighted by Crippen LogP contribution is 2.58. The number of nitrogens with zero attached hydrogens (tertiary/aromatic N) is 4. The van der Waals surface area contributed by atoms with Crippen molar-refractivity contribution in [2.24, 2.45) is 10.8 Å². The average Bonchev–Trinajstić information content (AvgIpc) is 0.795. The Labute approximate surface area is 646 Å². The Morgan fingerprint density at radius 2 is 0.596 bits per heavy atom. The molecular formula is C104H101BN4. The third-order valence-corrected chi connectivity index (χ3v) is 24.5. The molecule has 109 heavy (non-hydrogen) atoms. The molecule has 540 valence electrons. The molecular weight excluding hydrogens is 1320 g/mol. The van der Waals surface area contributed by atoms with E-state index < -0.39 is 0 Å². The monoisotopic (exact) mass is 1420 g/mol. The zero-order chi connectivity index (χ0) is 75.6. The van der Waals surface area contributed by atoms with Crippen LogP contribution in [0, 0.1) is 10.8 Å². The van der Waals surface area contributed by atoms with Crippen molar-refractivity contribution in [1.82, 2.24) is 9.13 Å². The lowest BCUT2D eigenvalue weighted by atomic mass is 9.33. The van der Waals surface area contributed by atoms with Gasteiger partial charge in [-0.05, 0) is 209 Å². The summed E-state index contributed by atoms with van der Waals surface area (Å²) in [6.07, 6.45) is 3.29. The van der Waals surface area contributed by atoms with Crippen LogP contribution in [-0.2, 0) is 21.7 Å². The van der Waals surface area contributed by atoms with Gasteiger partial charge in [0.25, 0.3) is 6.71 Å². The molecule has 1 aliphatic carbocycles. The lowest BCUT2D eigenvalue weighted by molar-refractivity contribution is 0.0969. The molecule has 1 fully saturated rings. The Hall–Kier alpha value is -10.9. The summed E-state index contributed by atoms with van der Waals surface area (Å²) in [5, 5.41) is 5.10. The number of para-hydroxylation sites is 2. The first-order valence-corrected chi connectivity index (χ1v) is 39.8. The van der Waals surface area contributed by atoms with Gasteiger partial charge in [-0.1, -0.05) is 305 Å². The summed E-state index contributed by atoms with van der Waals surface area (Å²) in [7, 11) is 0. The molecule has 0 saturated heterocycles. The van der Waals surface area contributed by atoms with E-state index in [0.29, 0.717) is 0 Å². The zero-order valence-electron chi connectivity index (χ0n) is 66.6. The third-order valence-electron chi connectivity index (χ3n) is 24.5. The molecule has 0 atom stereocenters. The first kappa shape index (κ1) is 69.8. The second-order valence-corrected chi connectivity index (χ2v) is 37.6. The van der Waals surface area contributed by atoms with Gasteiger partial charge in [0, 0.05) is 77.9 Å². The Morgan fingerprint density at radius 3 is 0.881 bits per heavy atom. The second kappa shape index (κ2) is 25.4. The molecule has 18 rings (SSSR count). The van der Waals surface area contributed by atoms with Gasteiger partial charge in [0.1, 0.15) is 0 Å². The fourth-order valence-corrected chi connectivity index (χ4v) is 19.5. The van der Waals surface area contributed by atoms with Crippen LogP contribution in [-0.4, -0.2) is 15.8 Å². The van der Waals surface area contributed by atoms with Gasteiger partial charge in [-0.2, -0.15) is 0 Å². The molecule has 0 radical (unpaired) electrons. The van der Waals surface area contributed by atoms with Crippen molar-refractivity contribution in [2.75, 3.05) is 9.80 Å². The molecule has 0 bridgehead atoms. The number of hydrogen-bond acceptors (Lipinski definition) is 2. The fraction of sp³-hybridized carbons (Fsp3) is 0.250. The number of hydrogen-bond donors (Lipinski definition) is 0. The Balaban J connectivity index is 1.02. The molecule has 1 saturated carbocycles. The van der Waals surface area contributed by atoms with Crippen molar-refractivity contribution in [3.63, 3.8) is 0 Å². The topological polar surface area (TPSA) is 16.3 Å². The van der Waals surface area contributed by atoms with Crippen LogP contribution >= 0.6 is 0 Å². The largest absolute Gasteiger partial charge is 0.310 e. The van der Waals surface area contributed by atoms with Crippen LogP contribution in [0.1, 0.15) is 164 Å². The molecule has 0 unspecified atom stereocenters. The summed E-state index contributed by atoms with van der Waals surface area (Å²) >= 11 is 0. The van der Waals surface area contributed by atoms with E-state index in [4.69, 9.17) is 0 Å². The SMILES string of the molecule is CC1(C)CC(c2cc3c4c(c2)N(c2c(-c5ccccc5)cccc2-c2ccccc2)c2cc(-n5c6ccc(C(C)(C)C)cc6c6cc(C(C)(C)C)ccc65)ccc2B4c2ccc(-n4c5ccc(C(C)(C)C)cc5c5cc(C(C)(C)C)ccc54)cc2N3c2c(-c3ccccc3)cccc2-c2ccccc2)CC(C)(C)C1. The Kier molecular flexibility index (Phi) is 16.2. The summed E-state index contributed by atoms with van der Waals surface area (Å²) in [5.74, 6) is 0.237. The van der Waals surface area contributed by atoms with Gasteiger partial charge >= 0.3 is 0 Å². The first-order valence-electron chi connectivity index (χ1n) is 39.8. The molecule has 0 N–H and O–H groups in total. The van der Waals surface area contributed by atoms with Gasteiger partial charge in [-0.15, -0.1) is 0 Å². The third kappa shape index (κ3) is 12.0. The molecule has 5 heteroatoms. The zero-order valence-corrected chi connectivity index (χ0v) is 66.6. The van der Waals surface area contributed by atoms with Crippen molar-refractivity contribution in [3.8, 4) is 55.9 Å². The van der Waals surface area contributed by atoms with Gasteiger partial charge in [0.05, 0.1) is 33.4 Å². The maximum Gasteiger partial charge on any atom is 0.252 e. The summed E-state index contributed by atoms with van der Waals surface area (Å²) in [4.78, 5) is 5.55. The van der Waals surface area contributed by atoms with Crippen LogP contribution in [0.15, 0.2) is 279 Å². The predicted octanol–water partition coefficient (Wildman–Crippen LogP) is 27.1. The molecule has 4 heterocycles. The van der Waals surface area contributed by atoms with E-state index in [0.717, 1.165) is 42.0 Å². The van der Waals surface area contributed by atoms with Gasteiger partial charge in [0.15, 0.2) is 0 Å². The summed E-state index contributed by atoms with van der Waals surface area (Å²) in [6.45, 7) is 38.0. The summed E-state index contributed by atoms with van der Waals surface area (Å²) in [5.41, 5.74) is 33.9. The number of aromatic nitrogens is 2. The molecule has 0 amide bonds. The van der Waals surface area contributed by atoms with E-state index in [9.17, 15) is 0 Å². The van der Waals surface area contributed by atoms with Gasteiger partial charge in [-0.3, -0.25) is 0 Å². The highest BCUT2D eigenvalue weighted by atomic mass is 15.2. The number of rotatable bonds is 9. The smallest absolute Gasteiger partial charge is 0.252 e. The molecule has 2 aromatic heterocycles. The number of benzene rings is 13. The first-order chi connectivity index (χ1) is 52.0. The maximum absolute atomic E-state index is 2.78. The van der Waals surface area contributed by atoms with E-state index in [1.54, 1.807) is 0 Å². The van der Waals surface area contributed by atoms with Crippen molar-refractivity contribution >= 4 is 101 Å². The normalized spacial score (nSPS) is 15.1. The minimum absolute atomic E-state index is 0.0530. The van der Waals surface area contributed by atoms with Gasteiger partial charge in [0.2, 0.25) is 0 Å². The van der Waals surface area contributed by atoms with Crippen LogP contribution in [0.3, 0.4) is 0 Å². The number of fused-ring (bicyclic) bond motifs is 10. The number of anilines is 6. The van der Waals surface area contributed by atoms with E-state index in [2.05, 4.69) is 409 Å². The van der Waals surface area contributed by atoms with Crippen LogP contribution in [0.2, 0.25) is 0 Å². The highest BCUT2D eigenvalue weighted by Gasteiger charge is 2.48. The quantitative estimate of drug-likeness (QED) is 0.134. The molecule has 15 aromatic rings. The molecule has 13 aromatic carbocycles. The molecule has 2 aliphatic heterocycles. The van der Waals surface area contributed by atoms with E-state index in [1.165, 1.54) is 155 Å². The summed E-state index contributed by atoms with van der Waals surface area (Å²) in [6, 6.07) is 109. The maximum atomic E-state index is 2.78. The second-order valence-electron chi connectivity index (χ2n) is 37.6. The van der Waals surface area contributed by atoms with Crippen LogP contribution in [0.5, 0.6) is 0 Å². The minimum Gasteiger partial charge on any atom is -0.310 e. The molecule has 3 aliphatic rings. The van der Waals surface area contributed by atoms with E-state index in [1.807, 2.05) is 0 Å². The lowest BCUT2D eigenvalue weighted by Crippen LogP contribution is -2.61. The van der Waals surface area contributed by atoms with E-state index >= 15 is 0 Å². The van der Waals surface area contributed by atoms with Crippen molar-refractivity contribution < 1.29 is 0 Å². The van der Waals surface area contributed by atoms with Crippen molar-refractivity contribution in [2.45, 2.75) is 158 Å². The molecule has 4 nitrogen and oxygen atoms in total. The highest BCUT2D eigenvalue weighted by molar-refractivity contribution is 7.00. The van der Waals surface area contributed by atoms with Gasteiger partial charge < -0.3 is 18.9 Å². The van der Waals surface area contributed by atoms with Crippen molar-refractivity contribution in [1.29, 1.82) is 0 Å². The average molecular weight is 1420 g/mol. The summed E-state index contributed by atoms with van der Waals surface area (Å²) < 4.78 is 5.17. The van der Waals surface area contributed by atoms with Gasteiger partial charge in [-0.25, -0.2) is 0 Å². The standard InChI is InChI=1S/C104H101BN4/c1-99(2,3)72-43-51-88-82(57-72)83-58-73(100(4,5)6)44-52-89(83)106(88)76-47-49-86-92(61-76)108(97-78(66-31-21-17-22-32-66)39-29-40-79(97)67-33-23-18-24-34-67)94-55-70(71-63-103(13,14)65-104(15,16)64-71)56-95-96(94)105(86)87-50-48-77(107-90-53-45-74(101(7,8)9)59-84(90)85-60-75(102(10,11)12)46-54-91(85)107)62-93(87)109(95)98-80(68-35-25-19-26-36-68)41-30-42-81(98)69-37-27-20-28-38-69/h17-62,71H,63-65H2,1-16H3. The van der Waals surface area contributed by atoms with E-state index in [-0.39, 0.29) is 45.1 Å². The van der Waals surface area contributed by atoms with Crippen LogP contribution in [0.4, 0.5) is 34.1 Å². The Bertz CT molecular complexity index is 5490.